The first-order chi connectivity index (χ1) is 10.8. The average Bonchev–Trinajstić information content (AvgIpc) is 2.33. The Kier molecular flexibility index (Phi) is 5.86. The molecule has 24 heavy (non-hydrogen) atoms. The van der Waals surface area contributed by atoms with Crippen LogP contribution >= 0.6 is 74.8 Å². The zero-order valence-corrected chi connectivity index (χ0v) is 17.2. The fourth-order valence-electron chi connectivity index (χ4n) is 1.45. The standard InChI is InChI=1S/C6H3Cl5N5O5P3/c7-22(8)12-23(9,10)14-24(11,13-22)21-6-2-1-4(15(17)18)3-5(6)16(19)20/h1-3H. The summed E-state index contributed by atoms with van der Waals surface area (Å²) in [4.78, 5) is 20.1. The van der Waals surface area contributed by atoms with Crippen molar-refractivity contribution < 1.29 is 14.4 Å². The molecule has 1 atom stereocenters. The predicted molar refractivity (Wildman–Crippen MR) is 97.7 cm³/mol. The molecule has 0 fully saturated rings. The van der Waals surface area contributed by atoms with Gasteiger partial charge in [0.1, 0.15) is 0 Å². The van der Waals surface area contributed by atoms with Gasteiger partial charge < -0.3 is 4.52 Å². The van der Waals surface area contributed by atoms with Crippen LogP contribution in [0, 0.1) is 20.2 Å². The van der Waals surface area contributed by atoms with Gasteiger partial charge in [0, 0.05) is 6.07 Å². The highest BCUT2D eigenvalue weighted by Crippen LogP contribution is 2.86. The minimum Gasteiger partial charge on any atom is -0.423 e. The second kappa shape index (κ2) is 6.93. The first-order valence-corrected chi connectivity index (χ1v) is 14.9. The molecule has 1 aliphatic heterocycles. The lowest BCUT2D eigenvalue weighted by Gasteiger charge is -2.21. The van der Waals surface area contributed by atoms with Crippen LogP contribution in [0.3, 0.4) is 0 Å². The van der Waals surface area contributed by atoms with Gasteiger partial charge in [-0.15, -0.1) is 0 Å². The third-order valence-corrected chi connectivity index (χ3v) is 14.1. The molecule has 2 rings (SSSR count). The maximum Gasteiger partial charge on any atom is 0.351 e. The van der Waals surface area contributed by atoms with Gasteiger partial charge in [0.15, 0.2) is 0 Å². The zero-order valence-electron chi connectivity index (χ0n) is 10.7. The zero-order chi connectivity index (χ0) is 18.3. The molecule has 1 aromatic rings. The number of benzene rings is 1. The van der Waals surface area contributed by atoms with Crippen molar-refractivity contribution in [3.05, 3.63) is 38.4 Å². The van der Waals surface area contributed by atoms with Gasteiger partial charge in [-0.3, -0.25) is 20.2 Å². The van der Waals surface area contributed by atoms with Gasteiger partial charge in [-0.05, 0) is 62.3 Å². The number of nitro groups is 2. The Morgan fingerprint density at radius 1 is 0.917 bits per heavy atom. The van der Waals surface area contributed by atoms with E-state index in [4.69, 9.17) is 60.7 Å². The van der Waals surface area contributed by atoms with Crippen LogP contribution in [0.15, 0.2) is 31.7 Å². The van der Waals surface area contributed by atoms with Crippen LogP contribution in [0.25, 0.3) is 0 Å². The summed E-state index contributed by atoms with van der Waals surface area (Å²) in [6, 6.07) is 2.65. The second-order valence-corrected chi connectivity index (χ2v) is 17.0. The fraction of sp³-hybridized carbons (Fsp3) is 0. The summed E-state index contributed by atoms with van der Waals surface area (Å²) in [6.07, 6.45) is 0. The number of rotatable bonds is 4. The van der Waals surface area contributed by atoms with Crippen LogP contribution in [0.1, 0.15) is 0 Å². The molecular weight excluding hydrogens is 492 g/mol. The van der Waals surface area contributed by atoms with Gasteiger partial charge in [0.25, 0.3) is 17.5 Å². The highest BCUT2D eigenvalue weighted by molar-refractivity contribution is 8.22. The largest absolute Gasteiger partial charge is 0.423 e. The highest BCUT2D eigenvalue weighted by Gasteiger charge is 2.36. The minimum absolute atomic E-state index is 0.426. The van der Waals surface area contributed by atoms with Gasteiger partial charge in [-0.25, -0.2) is 0 Å². The normalized spacial score (nSPS) is 24.0. The molecular formula is C6H3Cl5N5O5P3. The quantitative estimate of drug-likeness (QED) is 0.238. The van der Waals surface area contributed by atoms with Gasteiger partial charge in [0.05, 0.1) is 15.9 Å². The summed E-state index contributed by atoms with van der Waals surface area (Å²) < 4.78 is 16.5. The molecule has 18 heteroatoms. The fourth-order valence-corrected chi connectivity index (χ4v) is 18.0. The Labute approximate surface area is 158 Å². The van der Waals surface area contributed by atoms with E-state index in [2.05, 4.69) is 13.5 Å². The van der Waals surface area contributed by atoms with E-state index in [9.17, 15) is 20.2 Å². The van der Waals surface area contributed by atoms with Crippen LogP contribution in [-0.4, -0.2) is 9.85 Å². The second-order valence-electron chi connectivity index (χ2n) is 3.91. The molecule has 0 bridgehead atoms. The smallest absolute Gasteiger partial charge is 0.351 e. The van der Waals surface area contributed by atoms with E-state index < -0.39 is 45.6 Å². The third-order valence-electron chi connectivity index (χ3n) is 2.22. The summed E-state index contributed by atoms with van der Waals surface area (Å²) in [5.74, 6) is -7.19. The maximum atomic E-state index is 11.1. The molecule has 1 heterocycles. The average molecular weight is 495 g/mol. The van der Waals surface area contributed by atoms with Crippen LogP contribution < -0.4 is 4.52 Å². The van der Waals surface area contributed by atoms with Crippen LogP contribution in [0.5, 0.6) is 5.75 Å². The molecule has 0 amide bonds. The van der Waals surface area contributed by atoms with Crippen LogP contribution in [0.2, 0.25) is 0 Å². The molecule has 0 saturated carbocycles. The summed E-state index contributed by atoms with van der Waals surface area (Å²) in [6.45, 7) is -3.71. The lowest BCUT2D eigenvalue weighted by Crippen LogP contribution is -1.96. The Hall–Kier alpha value is -0.0400. The van der Waals surface area contributed by atoms with Crippen LogP contribution in [0.4, 0.5) is 11.4 Å². The number of nitrogens with zero attached hydrogens (tertiary/aromatic N) is 5. The van der Waals surface area contributed by atoms with Crippen molar-refractivity contribution in [2.75, 3.05) is 0 Å². The Morgan fingerprint density at radius 2 is 1.50 bits per heavy atom. The van der Waals surface area contributed by atoms with Gasteiger partial charge >= 0.3 is 12.5 Å². The van der Waals surface area contributed by atoms with Crippen LogP contribution in [-0.2, 0) is 0 Å². The van der Waals surface area contributed by atoms with E-state index in [1.807, 2.05) is 0 Å². The Morgan fingerprint density at radius 3 is 2.00 bits per heavy atom. The lowest BCUT2D eigenvalue weighted by atomic mass is 10.2. The predicted octanol–water partition coefficient (Wildman–Crippen LogP) is 7.93. The number of nitro benzene ring substituents is 2. The Bertz CT molecular complexity index is 901. The SMILES string of the molecule is O=[N+]([O-])c1ccc(OP2(Cl)=NP(Cl)(Cl)=NP(Cl)(Cl)=N2)c([N+](=O)[O-])c1. The molecule has 10 nitrogen and oxygen atoms in total. The third kappa shape index (κ3) is 4.99. The first-order valence-electron chi connectivity index (χ1n) is 5.35. The van der Waals surface area contributed by atoms with Crippen molar-refractivity contribution in [3.63, 3.8) is 0 Å². The summed E-state index contributed by atoms with van der Waals surface area (Å²) >= 11 is 29.5. The van der Waals surface area contributed by atoms with E-state index in [-0.39, 0.29) is 0 Å². The first kappa shape index (κ1) is 20.3. The summed E-state index contributed by atoms with van der Waals surface area (Å²) in [7, 11) is 0. The number of halogens is 5. The Balaban J connectivity index is 2.58. The van der Waals surface area contributed by atoms with Crippen molar-refractivity contribution >= 4 is 86.2 Å². The minimum atomic E-state index is -3.71. The molecule has 1 unspecified atom stereocenters. The molecule has 0 saturated heterocycles. The van der Waals surface area contributed by atoms with Crippen molar-refractivity contribution in [3.8, 4) is 5.75 Å². The molecule has 132 valence electrons. The molecule has 0 radical (unpaired) electrons. The van der Waals surface area contributed by atoms with Crippen molar-refractivity contribution in [2.45, 2.75) is 0 Å². The molecule has 1 aliphatic rings. The number of non-ortho nitro benzene ring substituents is 1. The van der Waals surface area contributed by atoms with E-state index in [0.717, 1.165) is 12.1 Å². The lowest BCUT2D eigenvalue weighted by molar-refractivity contribution is -0.394. The molecule has 0 spiro atoms. The molecule has 1 aromatic carbocycles. The van der Waals surface area contributed by atoms with E-state index in [1.165, 1.54) is 0 Å². The van der Waals surface area contributed by atoms with Crippen molar-refractivity contribution in [1.29, 1.82) is 0 Å². The van der Waals surface area contributed by atoms with Gasteiger partial charge in [-0.2, -0.15) is 13.5 Å². The number of hydrogen-bond acceptors (Lipinski definition) is 8. The van der Waals surface area contributed by atoms with Gasteiger partial charge in [-0.1, -0.05) is 0 Å². The van der Waals surface area contributed by atoms with E-state index in [1.54, 1.807) is 0 Å². The molecule has 0 aliphatic carbocycles. The van der Waals surface area contributed by atoms with E-state index in [0.29, 0.717) is 6.07 Å². The maximum absolute atomic E-state index is 11.1. The molecule has 0 aromatic heterocycles. The summed E-state index contributed by atoms with van der Waals surface area (Å²) in [5, 5.41) is 21.8. The number of hydrogen-bond donors (Lipinski definition) is 0. The van der Waals surface area contributed by atoms with Crippen molar-refractivity contribution in [2.24, 2.45) is 13.5 Å². The van der Waals surface area contributed by atoms with E-state index >= 15 is 0 Å². The monoisotopic (exact) mass is 493 g/mol. The summed E-state index contributed by atoms with van der Waals surface area (Å²) in [5.41, 5.74) is -1.24. The topological polar surface area (TPSA) is 133 Å². The van der Waals surface area contributed by atoms with Crippen molar-refractivity contribution in [1.82, 2.24) is 0 Å². The molecule has 0 N–H and O–H groups in total. The highest BCUT2D eigenvalue weighted by atomic mass is 35.9. The van der Waals surface area contributed by atoms with Gasteiger partial charge in [0.2, 0.25) is 5.75 Å².